The third-order valence-electron chi connectivity index (χ3n) is 10.7. The fourth-order valence-electron chi connectivity index (χ4n) is 6.91. The minimum absolute atomic E-state index is 0.0335. The molecular formula is C56H93NO5. The first kappa shape index (κ1) is 58.5. The number of nitrogens with one attached hydrogen (secondary N) is 1. The Morgan fingerprint density at radius 1 is 0.516 bits per heavy atom. The number of esters is 1. The molecule has 352 valence electrons. The summed E-state index contributed by atoms with van der Waals surface area (Å²) in [6.07, 6.45) is 65.9. The number of carbonyl (C=O) groups is 2. The van der Waals surface area contributed by atoms with Crippen molar-refractivity contribution < 1.29 is 24.5 Å². The Kier molecular flexibility index (Phi) is 45.8. The predicted molar refractivity (Wildman–Crippen MR) is 268 cm³/mol. The molecule has 0 saturated carbocycles. The Balaban J connectivity index is 4.82. The number of amides is 1. The summed E-state index contributed by atoms with van der Waals surface area (Å²) in [7, 11) is 0. The summed E-state index contributed by atoms with van der Waals surface area (Å²) in [5, 5.41) is 23.7. The van der Waals surface area contributed by atoms with Crippen molar-refractivity contribution in [1.82, 2.24) is 5.32 Å². The maximum Gasteiger partial charge on any atom is 0.306 e. The van der Waals surface area contributed by atoms with Crippen LogP contribution in [0.4, 0.5) is 0 Å². The molecule has 0 fully saturated rings. The van der Waals surface area contributed by atoms with E-state index in [1.54, 1.807) is 0 Å². The lowest BCUT2D eigenvalue weighted by Crippen LogP contribution is -2.46. The third-order valence-corrected chi connectivity index (χ3v) is 10.7. The van der Waals surface area contributed by atoms with E-state index in [9.17, 15) is 19.8 Å². The summed E-state index contributed by atoms with van der Waals surface area (Å²) in [6.45, 7) is 6.25. The number of rotatable bonds is 43. The molecule has 0 aromatic rings. The topological polar surface area (TPSA) is 95.9 Å². The molecule has 0 bridgehead atoms. The summed E-state index contributed by atoms with van der Waals surface area (Å²) in [5.74, 6) is -0.675. The number of carbonyl (C=O) groups excluding carboxylic acids is 2. The van der Waals surface area contributed by atoms with E-state index in [1.165, 1.54) is 96.3 Å². The second-order valence-corrected chi connectivity index (χ2v) is 16.6. The van der Waals surface area contributed by atoms with Gasteiger partial charge in [-0.15, -0.1) is 0 Å². The van der Waals surface area contributed by atoms with E-state index >= 15 is 0 Å². The lowest BCUT2D eigenvalue weighted by atomic mass is 10.0. The molecule has 0 heterocycles. The molecule has 6 nitrogen and oxygen atoms in total. The number of hydrogen-bond donors (Lipinski definition) is 3. The first-order valence-corrected chi connectivity index (χ1v) is 25.2. The van der Waals surface area contributed by atoms with Crippen LogP contribution in [-0.4, -0.2) is 46.9 Å². The van der Waals surface area contributed by atoms with E-state index in [0.29, 0.717) is 19.3 Å². The van der Waals surface area contributed by atoms with Gasteiger partial charge in [0.2, 0.25) is 5.91 Å². The summed E-state index contributed by atoms with van der Waals surface area (Å²) in [6, 6.07) is -0.752. The summed E-state index contributed by atoms with van der Waals surface area (Å²) in [5.41, 5.74) is 0. The van der Waals surface area contributed by atoms with Crippen molar-refractivity contribution >= 4 is 11.9 Å². The van der Waals surface area contributed by atoms with Crippen LogP contribution < -0.4 is 5.32 Å². The number of unbranched alkanes of at least 4 members (excludes halogenated alkanes) is 18. The van der Waals surface area contributed by atoms with E-state index in [0.717, 1.165) is 57.8 Å². The fraction of sp³-hybridized carbons (Fsp3) is 0.643. The normalized spacial score (nSPS) is 14.2. The predicted octanol–water partition coefficient (Wildman–Crippen LogP) is 15.1. The van der Waals surface area contributed by atoms with Crippen LogP contribution in [0.3, 0.4) is 0 Å². The van der Waals surface area contributed by atoms with Gasteiger partial charge in [-0.2, -0.15) is 0 Å². The zero-order valence-electron chi connectivity index (χ0n) is 40.0. The highest BCUT2D eigenvalue weighted by molar-refractivity contribution is 5.77. The molecule has 0 aromatic heterocycles. The lowest BCUT2D eigenvalue weighted by Gasteiger charge is -2.24. The largest absolute Gasteiger partial charge is 0.461 e. The average Bonchev–Trinajstić information content (AvgIpc) is 3.26. The second kappa shape index (κ2) is 48.6. The highest BCUT2D eigenvalue weighted by atomic mass is 16.5. The Labute approximate surface area is 381 Å². The van der Waals surface area contributed by atoms with E-state index in [1.807, 2.05) is 66.8 Å². The third kappa shape index (κ3) is 43.2. The van der Waals surface area contributed by atoms with Crippen LogP contribution in [0.15, 0.2) is 109 Å². The Hall–Kier alpha value is -3.48. The number of allylic oxidation sites excluding steroid dienone is 17. The van der Waals surface area contributed by atoms with Crippen LogP contribution in [0, 0.1) is 0 Å². The number of aliphatic hydroxyl groups is 2. The fourth-order valence-corrected chi connectivity index (χ4v) is 6.91. The molecule has 0 saturated heterocycles. The van der Waals surface area contributed by atoms with Crippen LogP contribution in [0.2, 0.25) is 0 Å². The molecule has 3 atom stereocenters. The minimum atomic E-state index is -0.829. The van der Waals surface area contributed by atoms with Gasteiger partial charge in [-0.3, -0.25) is 9.59 Å². The molecule has 1 amide bonds. The molecule has 62 heavy (non-hydrogen) atoms. The van der Waals surface area contributed by atoms with Gasteiger partial charge >= 0.3 is 5.97 Å². The van der Waals surface area contributed by atoms with E-state index in [2.05, 4.69) is 68.6 Å². The van der Waals surface area contributed by atoms with Crippen molar-refractivity contribution in [3.8, 4) is 0 Å². The highest BCUT2D eigenvalue weighted by Gasteiger charge is 2.23. The molecule has 0 aromatic carbocycles. The molecule has 0 aliphatic heterocycles. The first-order chi connectivity index (χ1) is 30.5. The van der Waals surface area contributed by atoms with Gasteiger partial charge in [-0.25, -0.2) is 0 Å². The zero-order chi connectivity index (χ0) is 45.2. The first-order valence-electron chi connectivity index (χ1n) is 25.2. The van der Waals surface area contributed by atoms with Gasteiger partial charge in [-0.05, 0) is 57.8 Å². The van der Waals surface area contributed by atoms with Gasteiger partial charge in [0.15, 0.2) is 0 Å². The van der Waals surface area contributed by atoms with Gasteiger partial charge in [0.05, 0.1) is 25.2 Å². The van der Waals surface area contributed by atoms with Crippen molar-refractivity contribution in [1.29, 1.82) is 0 Å². The van der Waals surface area contributed by atoms with E-state index in [-0.39, 0.29) is 31.3 Å². The summed E-state index contributed by atoms with van der Waals surface area (Å²) >= 11 is 0. The maximum atomic E-state index is 13.2. The molecule has 3 unspecified atom stereocenters. The summed E-state index contributed by atoms with van der Waals surface area (Å²) < 4.78 is 5.82. The van der Waals surface area contributed by atoms with Gasteiger partial charge < -0.3 is 20.3 Å². The molecule has 0 aliphatic carbocycles. The summed E-state index contributed by atoms with van der Waals surface area (Å²) in [4.78, 5) is 26.0. The van der Waals surface area contributed by atoms with Crippen molar-refractivity contribution in [2.45, 2.75) is 225 Å². The van der Waals surface area contributed by atoms with Crippen LogP contribution in [-0.2, 0) is 14.3 Å². The van der Waals surface area contributed by atoms with Crippen LogP contribution >= 0.6 is 0 Å². The van der Waals surface area contributed by atoms with Crippen LogP contribution in [0.1, 0.15) is 207 Å². The highest BCUT2D eigenvalue weighted by Crippen LogP contribution is 2.16. The van der Waals surface area contributed by atoms with Gasteiger partial charge in [-0.1, -0.05) is 239 Å². The van der Waals surface area contributed by atoms with Crippen LogP contribution in [0.5, 0.6) is 0 Å². The quantitative estimate of drug-likeness (QED) is 0.0246. The molecule has 6 heteroatoms. The second-order valence-electron chi connectivity index (χ2n) is 16.6. The molecular weight excluding hydrogens is 767 g/mol. The Morgan fingerprint density at radius 2 is 0.968 bits per heavy atom. The minimum Gasteiger partial charge on any atom is -0.461 e. The van der Waals surface area contributed by atoms with Crippen molar-refractivity contribution in [3.05, 3.63) is 109 Å². The zero-order valence-corrected chi connectivity index (χ0v) is 40.0. The van der Waals surface area contributed by atoms with E-state index in [4.69, 9.17) is 4.74 Å². The van der Waals surface area contributed by atoms with Crippen molar-refractivity contribution in [2.24, 2.45) is 0 Å². The Bertz CT molecular complexity index is 1280. The van der Waals surface area contributed by atoms with Gasteiger partial charge in [0, 0.05) is 12.8 Å². The van der Waals surface area contributed by atoms with Gasteiger partial charge in [0.1, 0.15) is 6.10 Å². The van der Waals surface area contributed by atoms with Crippen molar-refractivity contribution in [3.63, 3.8) is 0 Å². The number of ether oxygens (including phenoxy) is 1. The number of hydrogen-bond acceptors (Lipinski definition) is 5. The lowest BCUT2D eigenvalue weighted by molar-refractivity contribution is -0.150. The molecule has 0 rings (SSSR count). The Morgan fingerprint density at radius 3 is 1.50 bits per heavy atom. The maximum absolute atomic E-state index is 13.2. The monoisotopic (exact) mass is 860 g/mol. The number of aliphatic hydroxyl groups excluding tert-OH is 2. The van der Waals surface area contributed by atoms with E-state index < -0.39 is 18.2 Å². The molecule has 0 aliphatic rings. The van der Waals surface area contributed by atoms with Gasteiger partial charge in [0.25, 0.3) is 0 Å². The average molecular weight is 860 g/mol. The molecule has 0 spiro atoms. The molecule has 0 radical (unpaired) electrons. The molecule has 3 N–H and O–H groups in total. The smallest absolute Gasteiger partial charge is 0.306 e. The van der Waals surface area contributed by atoms with Crippen LogP contribution in [0.25, 0.3) is 0 Å². The SMILES string of the molecule is CC/C=C/C=C/C=C\C=C/C=C/CCCC(=O)OC(C/C=C\C/C=C\C/C=C\C/C=C\CCCCC)CC(=O)NC(CO)C(O)CCCCCCCCCCCCCCCCC. The van der Waals surface area contributed by atoms with Crippen molar-refractivity contribution in [2.75, 3.05) is 6.61 Å². The standard InChI is InChI=1S/C56H93NO5/c1-4-7-10-13-16-19-22-25-27-30-32-35-38-41-44-47-52(62-56(61)49-46-43-40-37-34-29-24-21-18-15-12-9-6-3)50-55(60)57-53(51-58)54(59)48-45-42-39-36-33-31-28-26-23-20-17-14-11-8-5-2/h9,12,15-16,18-19,21,24-25,27,29,32,34-35,37,40-41,44,52-54,58-59H,4-8,10-11,13-14,17,20,22-23,26,28,30-31,33,36,38-39,42-43,45-51H2,1-3H3,(H,57,60)/b12-9+,18-15+,19-16-,24-21-,27-25-,34-29-,35-32-,40-37+,44-41-.